The molecule has 3 heteroatoms. The molecule has 12 heavy (non-hydrogen) atoms. The zero-order valence-corrected chi connectivity index (χ0v) is 8.80. The van der Waals surface area contributed by atoms with E-state index in [4.69, 9.17) is 0 Å². The van der Waals surface area contributed by atoms with Gasteiger partial charge in [0.15, 0.2) is 0 Å². The summed E-state index contributed by atoms with van der Waals surface area (Å²) in [6.07, 6.45) is 0. The zero-order chi connectivity index (χ0) is 9.73. The number of hydrogen-bond donors (Lipinski definition) is 0. The molecule has 0 aromatic heterocycles. The van der Waals surface area contributed by atoms with E-state index in [2.05, 4.69) is 18.7 Å². The number of carbonyl (C=O) groups excluding carboxylic acids is 1. The first-order valence-corrected chi connectivity index (χ1v) is 4.24. The number of nitrogens with zero attached hydrogens (tertiary/aromatic N) is 2. The lowest BCUT2D eigenvalue weighted by Crippen LogP contribution is -2.48. The molecule has 1 rings (SSSR count). The van der Waals surface area contributed by atoms with Crippen LogP contribution in [0, 0.1) is 0 Å². The van der Waals surface area contributed by atoms with Crippen molar-refractivity contribution in [3.63, 3.8) is 0 Å². The third-order valence-electron chi connectivity index (χ3n) is 3.31. The van der Waals surface area contributed by atoms with Crippen molar-refractivity contribution in [1.82, 2.24) is 9.80 Å². The van der Waals surface area contributed by atoms with Crippen molar-refractivity contribution in [2.75, 3.05) is 14.1 Å². The Bertz CT molecular complexity index is 221. The molecule has 0 atom stereocenters. The van der Waals surface area contributed by atoms with E-state index < -0.39 is 0 Å². The molecule has 0 aliphatic carbocycles. The second-order valence-corrected chi connectivity index (χ2v) is 4.48. The number of carbonyl (C=O) groups is 1. The first-order chi connectivity index (χ1) is 5.22. The Morgan fingerprint density at radius 2 is 1.50 bits per heavy atom. The van der Waals surface area contributed by atoms with Crippen LogP contribution in [-0.4, -0.2) is 41.0 Å². The standard InChI is InChI=1S/C9H18N2O/c1-8(2)7(12)10(5)9(3,4)11(8)6/h1-6H3. The van der Waals surface area contributed by atoms with Crippen molar-refractivity contribution in [1.29, 1.82) is 0 Å². The predicted molar refractivity (Wildman–Crippen MR) is 48.7 cm³/mol. The first-order valence-electron chi connectivity index (χ1n) is 4.24. The van der Waals surface area contributed by atoms with Crippen molar-refractivity contribution < 1.29 is 4.79 Å². The highest BCUT2D eigenvalue weighted by molar-refractivity contribution is 5.88. The molecule has 1 fully saturated rings. The minimum absolute atomic E-state index is 0.166. The highest BCUT2D eigenvalue weighted by atomic mass is 16.2. The SMILES string of the molecule is CN1C(=O)C(C)(C)N(C)C1(C)C. The maximum atomic E-state index is 11.7. The molecule has 0 saturated carbocycles. The maximum Gasteiger partial charge on any atom is 0.243 e. The molecular weight excluding hydrogens is 152 g/mol. The van der Waals surface area contributed by atoms with Crippen LogP contribution in [0.2, 0.25) is 0 Å². The molecule has 0 aromatic rings. The van der Waals surface area contributed by atoms with Gasteiger partial charge in [-0.25, -0.2) is 0 Å². The molecular formula is C9H18N2O. The molecule has 3 nitrogen and oxygen atoms in total. The number of amides is 1. The van der Waals surface area contributed by atoms with Crippen LogP contribution >= 0.6 is 0 Å². The lowest BCUT2D eigenvalue weighted by atomic mass is 10.0. The van der Waals surface area contributed by atoms with E-state index in [1.54, 1.807) is 4.90 Å². The third-order valence-corrected chi connectivity index (χ3v) is 3.31. The molecule has 1 heterocycles. The Kier molecular flexibility index (Phi) is 1.76. The number of likely N-dealkylation sites (N-methyl/N-ethyl adjacent to an activating group) is 2. The molecule has 1 saturated heterocycles. The van der Waals surface area contributed by atoms with Gasteiger partial charge in [0.1, 0.15) is 0 Å². The van der Waals surface area contributed by atoms with E-state index in [0.717, 1.165) is 0 Å². The van der Waals surface area contributed by atoms with Gasteiger partial charge in [0.05, 0.1) is 11.2 Å². The van der Waals surface area contributed by atoms with Crippen LogP contribution < -0.4 is 0 Å². The quantitative estimate of drug-likeness (QED) is 0.539. The summed E-state index contributed by atoms with van der Waals surface area (Å²) in [5.74, 6) is 0.190. The molecule has 1 amide bonds. The van der Waals surface area contributed by atoms with Crippen molar-refractivity contribution in [2.24, 2.45) is 0 Å². The molecule has 0 N–H and O–H groups in total. The van der Waals surface area contributed by atoms with Gasteiger partial charge in [-0.3, -0.25) is 9.69 Å². The van der Waals surface area contributed by atoms with Crippen LogP contribution in [0.25, 0.3) is 0 Å². The van der Waals surface area contributed by atoms with Gasteiger partial charge in [-0.1, -0.05) is 0 Å². The van der Waals surface area contributed by atoms with Gasteiger partial charge >= 0.3 is 0 Å². The lowest BCUT2D eigenvalue weighted by molar-refractivity contribution is -0.132. The lowest BCUT2D eigenvalue weighted by Gasteiger charge is -2.36. The Hall–Kier alpha value is -0.570. The fraction of sp³-hybridized carbons (Fsp3) is 0.889. The molecule has 0 radical (unpaired) electrons. The van der Waals surface area contributed by atoms with Crippen molar-refractivity contribution >= 4 is 5.91 Å². The van der Waals surface area contributed by atoms with Gasteiger partial charge < -0.3 is 4.90 Å². The van der Waals surface area contributed by atoms with Gasteiger partial charge in [0.25, 0.3) is 0 Å². The fourth-order valence-corrected chi connectivity index (χ4v) is 1.71. The highest BCUT2D eigenvalue weighted by Gasteiger charge is 2.52. The Labute approximate surface area is 74.3 Å². The maximum absolute atomic E-state index is 11.7. The molecule has 0 spiro atoms. The van der Waals surface area contributed by atoms with Crippen LogP contribution in [0.4, 0.5) is 0 Å². The monoisotopic (exact) mass is 170 g/mol. The zero-order valence-electron chi connectivity index (χ0n) is 8.80. The van der Waals surface area contributed by atoms with E-state index in [1.165, 1.54) is 0 Å². The highest BCUT2D eigenvalue weighted by Crippen LogP contribution is 2.34. The van der Waals surface area contributed by atoms with E-state index in [1.807, 2.05) is 27.9 Å². The molecule has 0 aromatic carbocycles. The Morgan fingerprint density at radius 3 is 1.58 bits per heavy atom. The van der Waals surface area contributed by atoms with E-state index in [-0.39, 0.29) is 17.1 Å². The van der Waals surface area contributed by atoms with Gasteiger partial charge in [0.2, 0.25) is 5.91 Å². The summed E-state index contributed by atoms with van der Waals surface area (Å²) in [7, 11) is 3.84. The molecule has 1 aliphatic heterocycles. The fourth-order valence-electron chi connectivity index (χ4n) is 1.71. The van der Waals surface area contributed by atoms with Gasteiger partial charge in [0, 0.05) is 7.05 Å². The summed E-state index contributed by atoms with van der Waals surface area (Å²) in [6.45, 7) is 8.03. The Balaban J connectivity index is 3.12. The van der Waals surface area contributed by atoms with Crippen LogP contribution in [-0.2, 0) is 4.79 Å². The van der Waals surface area contributed by atoms with Crippen LogP contribution in [0.5, 0.6) is 0 Å². The summed E-state index contributed by atoms with van der Waals surface area (Å²) in [4.78, 5) is 15.6. The number of rotatable bonds is 0. The van der Waals surface area contributed by atoms with Crippen molar-refractivity contribution in [3.05, 3.63) is 0 Å². The van der Waals surface area contributed by atoms with E-state index in [9.17, 15) is 4.79 Å². The van der Waals surface area contributed by atoms with Crippen LogP contribution in [0.1, 0.15) is 27.7 Å². The van der Waals surface area contributed by atoms with Crippen molar-refractivity contribution in [2.45, 2.75) is 38.9 Å². The smallest absolute Gasteiger partial charge is 0.243 e. The topological polar surface area (TPSA) is 23.6 Å². The van der Waals surface area contributed by atoms with E-state index >= 15 is 0 Å². The second kappa shape index (κ2) is 2.22. The number of hydrogen-bond acceptors (Lipinski definition) is 2. The summed E-state index contributed by atoms with van der Waals surface area (Å²) in [6, 6.07) is 0. The van der Waals surface area contributed by atoms with Crippen LogP contribution in [0.3, 0.4) is 0 Å². The van der Waals surface area contributed by atoms with Crippen LogP contribution in [0.15, 0.2) is 0 Å². The minimum Gasteiger partial charge on any atom is -0.326 e. The molecule has 70 valence electrons. The summed E-state index contributed by atoms with van der Waals surface area (Å²) >= 11 is 0. The average molecular weight is 170 g/mol. The summed E-state index contributed by atoms with van der Waals surface area (Å²) in [5.41, 5.74) is -0.529. The van der Waals surface area contributed by atoms with Gasteiger partial charge in [-0.15, -0.1) is 0 Å². The largest absolute Gasteiger partial charge is 0.326 e. The first kappa shape index (κ1) is 9.52. The van der Waals surface area contributed by atoms with Gasteiger partial charge in [-0.05, 0) is 34.7 Å². The van der Waals surface area contributed by atoms with E-state index in [0.29, 0.717) is 0 Å². The molecule has 1 aliphatic rings. The predicted octanol–water partition coefficient (Wildman–Crippen LogP) is 0.905. The molecule has 0 unspecified atom stereocenters. The normalized spacial score (nSPS) is 28.2. The third kappa shape index (κ3) is 0.891. The van der Waals surface area contributed by atoms with Gasteiger partial charge in [-0.2, -0.15) is 0 Å². The minimum atomic E-state index is -0.363. The average Bonchev–Trinajstić information content (AvgIpc) is 2.06. The summed E-state index contributed by atoms with van der Waals surface area (Å²) in [5, 5.41) is 0. The summed E-state index contributed by atoms with van der Waals surface area (Å²) < 4.78 is 0. The molecule has 0 bridgehead atoms. The Morgan fingerprint density at radius 1 is 1.08 bits per heavy atom. The second-order valence-electron chi connectivity index (χ2n) is 4.48. The van der Waals surface area contributed by atoms with Crippen molar-refractivity contribution in [3.8, 4) is 0 Å².